The Morgan fingerprint density at radius 1 is 0.796 bits per heavy atom. The van der Waals surface area contributed by atoms with Gasteiger partial charge in [0.05, 0.1) is 30.8 Å². The zero-order valence-corrected chi connectivity index (χ0v) is 33.5. The number of allylic oxidation sites excluding steroid dienone is 4. The zero-order valence-electron chi connectivity index (χ0n) is 30.3. The number of methoxy groups -OCH3 is 2. The van der Waals surface area contributed by atoms with Gasteiger partial charge in [0.1, 0.15) is 27.3 Å². The number of nitrogens with zero attached hydrogens (tertiary/aromatic N) is 4. The number of hydrogen-bond donors (Lipinski definition) is 2. The van der Waals surface area contributed by atoms with Gasteiger partial charge in [0.25, 0.3) is 0 Å². The highest BCUT2D eigenvalue weighted by Crippen LogP contribution is 2.42. The van der Waals surface area contributed by atoms with Gasteiger partial charge in [0, 0.05) is 84.3 Å². The van der Waals surface area contributed by atoms with Gasteiger partial charge in [-0.15, -0.1) is 0 Å². The average molecular weight is 804 g/mol. The van der Waals surface area contributed by atoms with E-state index in [4.69, 9.17) is 37.0 Å². The average Bonchev–Trinajstić information content (AvgIpc) is 3.81. The number of benzene rings is 4. The second-order valence-electron chi connectivity index (χ2n) is 12.9. The van der Waals surface area contributed by atoms with E-state index in [1.807, 2.05) is 25.1 Å². The van der Waals surface area contributed by atoms with Crippen LogP contribution in [0.15, 0.2) is 91.0 Å². The summed E-state index contributed by atoms with van der Waals surface area (Å²) in [6, 6.07) is 20.3. The molecular formula is C41H41Cl2FN6O2S2. The van der Waals surface area contributed by atoms with Crippen molar-refractivity contribution < 1.29 is 13.9 Å². The number of aromatic nitrogens is 2. The first-order valence-corrected chi connectivity index (χ1v) is 20.0. The van der Waals surface area contributed by atoms with Crippen molar-refractivity contribution in [3.05, 3.63) is 107 Å². The van der Waals surface area contributed by atoms with Gasteiger partial charge in [0.2, 0.25) is 0 Å². The lowest BCUT2D eigenvalue weighted by atomic mass is 9.97. The van der Waals surface area contributed by atoms with Crippen molar-refractivity contribution in [3.63, 3.8) is 0 Å². The van der Waals surface area contributed by atoms with Crippen LogP contribution in [-0.4, -0.2) is 75.3 Å². The van der Waals surface area contributed by atoms with Crippen LogP contribution < -0.4 is 25.2 Å². The molecule has 280 valence electrons. The third-order valence-corrected chi connectivity index (χ3v) is 12.1. The Kier molecular flexibility index (Phi) is 12.0. The first-order valence-electron chi connectivity index (χ1n) is 17.7. The summed E-state index contributed by atoms with van der Waals surface area (Å²) in [5.74, 6) is 0.599. The summed E-state index contributed by atoms with van der Waals surface area (Å²) >= 11 is 16.3. The van der Waals surface area contributed by atoms with E-state index in [2.05, 4.69) is 73.9 Å². The number of ether oxygens (including phenoxy) is 2. The first kappa shape index (κ1) is 38.1. The molecule has 0 saturated carbocycles. The highest BCUT2D eigenvalue weighted by Gasteiger charge is 2.22. The Labute approximate surface area is 332 Å². The highest BCUT2D eigenvalue weighted by atomic mass is 35.5. The Hall–Kier alpha value is -4.23. The summed E-state index contributed by atoms with van der Waals surface area (Å²) in [6.45, 7) is 13.0. The van der Waals surface area contributed by atoms with Crippen LogP contribution in [0.4, 0.5) is 14.4 Å². The monoisotopic (exact) mass is 802 g/mol. The van der Waals surface area contributed by atoms with Crippen molar-refractivity contribution in [1.82, 2.24) is 19.4 Å². The van der Waals surface area contributed by atoms with Gasteiger partial charge in [-0.3, -0.25) is 0 Å². The molecule has 0 spiro atoms. The SMILES string of the molecule is C=C(F)/C(=C(\C=C/C)OC)c1cc2nsc(N3CCNCC3)c2cc1Cl.COc1cc(-c2cc3nsc(N4CCNCC4)c3cc2Cl)c2ccccc2c1. The number of nitrogens with one attached hydrogen (secondary N) is 2. The molecular weight excluding hydrogens is 763 g/mol. The molecule has 2 saturated heterocycles. The van der Waals surface area contributed by atoms with Crippen molar-refractivity contribution in [2.75, 3.05) is 76.4 Å². The van der Waals surface area contributed by atoms with Gasteiger partial charge in [-0.25, -0.2) is 4.39 Å². The molecule has 2 N–H and O–H groups in total. The predicted octanol–water partition coefficient (Wildman–Crippen LogP) is 9.96. The minimum Gasteiger partial charge on any atom is -0.497 e. The first-order chi connectivity index (χ1) is 26.3. The van der Waals surface area contributed by atoms with Crippen LogP contribution in [0.5, 0.6) is 5.75 Å². The molecule has 6 aromatic rings. The number of anilines is 2. The van der Waals surface area contributed by atoms with Crippen molar-refractivity contribution in [1.29, 1.82) is 0 Å². The van der Waals surface area contributed by atoms with Gasteiger partial charge >= 0.3 is 0 Å². The molecule has 2 fully saturated rings. The van der Waals surface area contributed by atoms with Gasteiger partial charge in [-0.05, 0) is 88.8 Å². The van der Waals surface area contributed by atoms with E-state index in [-0.39, 0.29) is 5.57 Å². The van der Waals surface area contributed by atoms with Crippen LogP contribution in [0.25, 0.3) is 49.3 Å². The maximum absolute atomic E-state index is 14.2. The minimum absolute atomic E-state index is 0.245. The van der Waals surface area contributed by atoms with E-state index in [0.717, 1.165) is 112 Å². The number of halogens is 3. The summed E-state index contributed by atoms with van der Waals surface area (Å²) < 4.78 is 34.4. The van der Waals surface area contributed by atoms with E-state index >= 15 is 0 Å². The molecule has 0 aliphatic carbocycles. The summed E-state index contributed by atoms with van der Waals surface area (Å²) in [5, 5.41) is 14.6. The van der Waals surface area contributed by atoms with Gasteiger partial charge < -0.3 is 29.9 Å². The highest BCUT2D eigenvalue weighted by molar-refractivity contribution is 7.12. The van der Waals surface area contributed by atoms with Crippen LogP contribution in [0.2, 0.25) is 10.0 Å². The van der Waals surface area contributed by atoms with Crippen LogP contribution >= 0.6 is 46.3 Å². The molecule has 2 aromatic heterocycles. The van der Waals surface area contributed by atoms with Gasteiger partial charge in [-0.2, -0.15) is 8.75 Å². The van der Waals surface area contributed by atoms with Gasteiger partial charge in [-0.1, -0.05) is 60.1 Å². The molecule has 2 aliphatic heterocycles. The second-order valence-corrected chi connectivity index (χ2v) is 15.2. The van der Waals surface area contributed by atoms with E-state index < -0.39 is 5.83 Å². The molecule has 8 rings (SSSR count). The molecule has 0 radical (unpaired) electrons. The summed E-state index contributed by atoms with van der Waals surface area (Å²) in [5.41, 5.74) is 4.61. The summed E-state index contributed by atoms with van der Waals surface area (Å²) in [4.78, 5) is 4.70. The Balaban J connectivity index is 0.000000167. The molecule has 54 heavy (non-hydrogen) atoms. The third kappa shape index (κ3) is 7.80. The van der Waals surface area contributed by atoms with Crippen LogP contribution in [0.1, 0.15) is 12.5 Å². The number of fused-ring (bicyclic) bond motifs is 3. The molecule has 13 heteroatoms. The van der Waals surface area contributed by atoms with Crippen LogP contribution in [-0.2, 0) is 4.74 Å². The van der Waals surface area contributed by atoms with Gasteiger partial charge in [0.15, 0.2) is 0 Å². The smallest absolute Gasteiger partial charge is 0.129 e. The number of piperazine rings is 2. The molecule has 0 bridgehead atoms. The lowest BCUT2D eigenvalue weighted by Gasteiger charge is -2.28. The lowest BCUT2D eigenvalue weighted by molar-refractivity contribution is 0.308. The minimum atomic E-state index is -0.598. The quantitative estimate of drug-likeness (QED) is 0.116. The fourth-order valence-corrected chi connectivity index (χ4v) is 9.25. The van der Waals surface area contributed by atoms with E-state index in [9.17, 15) is 4.39 Å². The Morgan fingerprint density at radius 2 is 1.39 bits per heavy atom. The molecule has 0 atom stereocenters. The van der Waals surface area contributed by atoms with Crippen molar-refractivity contribution in [2.24, 2.45) is 0 Å². The molecule has 4 aromatic carbocycles. The maximum atomic E-state index is 14.2. The summed E-state index contributed by atoms with van der Waals surface area (Å²) in [7, 11) is 3.19. The fraction of sp³-hybridized carbons (Fsp3) is 0.268. The normalized spacial score (nSPS) is 15.4. The van der Waals surface area contributed by atoms with Crippen molar-refractivity contribution in [2.45, 2.75) is 6.92 Å². The Morgan fingerprint density at radius 3 is 1.96 bits per heavy atom. The van der Waals surface area contributed by atoms with E-state index in [0.29, 0.717) is 16.3 Å². The second kappa shape index (κ2) is 17.1. The lowest BCUT2D eigenvalue weighted by Crippen LogP contribution is -2.43. The predicted molar refractivity (Wildman–Crippen MR) is 228 cm³/mol. The number of rotatable bonds is 8. The molecule has 0 amide bonds. The van der Waals surface area contributed by atoms with E-state index in [1.54, 1.807) is 30.8 Å². The molecule has 0 unspecified atom stereocenters. The van der Waals surface area contributed by atoms with Crippen molar-refractivity contribution >= 4 is 94.4 Å². The largest absolute Gasteiger partial charge is 0.497 e. The molecule has 8 nitrogen and oxygen atoms in total. The van der Waals surface area contributed by atoms with Crippen LogP contribution in [0.3, 0.4) is 0 Å². The standard InChI is InChI=1S/C22H20ClN3OS.C19H21ClFN3OS/c1-27-15-10-14-4-2-3-5-16(14)17(11-15)18-13-21-19(12-20(18)23)22(28-25-21)26-8-6-24-7-9-26;1-4-5-17(25-3)18(12(2)21)13-11-16-14(10-15(13)20)19(26-23-16)24-8-6-22-7-9-24/h2-5,10-13,24H,6-9H2,1H3;4-5,10-11,22H,2,6-9H2,1,3H3/b;5-4-,18-17-. The maximum Gasteiger partial charge on any atom is 0.129 e. The molecule has 2 aliphatic rings. The van der Waals surface area contributed by atoms with Crippen molar-refractivity contribution in [3.8, 4) is 16.9 Å². The molecule has 4 heterocycles. The zero-order chi connectivity index (χ0) is 37.8. The Bertz CT molecular complexity index is 2380. The van der Waals surface area contributed by atoms with E-state index in [1.165, 1.54) is 23.6 Å². The summed E-state index contributed by atoms with van der Waals surface area (Å²) in [6.07, 6.45) is 3.47. The number of hydrogen-bond acceptors (Lipinski definition) is 10. The topological polar surface area (TPSA) is 74.8 Å². The fourth-order valence-electron chi connectivity index (χ4n) is 6.93. The third-order valence-electron chi connectivity index (χ3n) is 9.59. The van der Waals surface area contributed by atoms with Crippen LogP contribution in [0, 0.1) is 0 Å².